The van der Waals surface area contributed by atoms with Gasteiger partial charge in [0.05, 0.1) is 0 Å². The van der Waals surface area contributed by atoms with Gasteiger partial charge < -0.3 is 5.73 Å². The number of thiophene rings is 1. The van der Waals surface area contributed by atoms with E-state index in [-0.39, 0.29) is 6.04 Å². The van der Waals surface area contributed by atoms with Crippen molar-refractivity contribution in [1.29, 1.82) is 0 Å². The van der Waals surface area contributed by atoms with Gasteiger partial charge in [-0.15, -0.1) is 11.3 Å². The number of aryl methyl sites for hydroxylation is 1. The maximum atomic E-state index is 6.23. The first-order valence-corrected chi connectivity index (χ1v) is 8.51. The minimum atomic E-state index is 0.226. The first-order valence-electron chi connectivity index (χ1n) is 6.84. The Labute approximate surface area is 133 Å². The van der Waals surface area contributed by atoms with Crippen LogP contribution in [0.5, 0.6) is 0 Å². The molecular weight excluding hydrogens is 332 g/mol. The summed E-state index contributed by atoms with van der Waals surface area (Å²) in [5.41, 5.74) is 7.60. The van der Waals surface area contributed by atoms with Gasteiger partial charge in [-0.05, 0) is 47.4 Å². The summed E-state index contributed by atoms with van der Waals surface area (Å²) >= 11 is 5.28. The molecule has 4 heteroatoms. The monoisotopic (exact) mass is 352 g/mol. The quantitative estimate of drug-likeness (QED) is 0.818. The van der Waals surface area contributed by atoms with E-state index in [0.29, 0.717) is 0 Å². The molecular formula is C16H21BrN2S. The number of halogens is 1. The lowest BCUT2D eigenvalue weighted by Gasteiger charge is -2.20. The van der Waals surface area contributed by atoms with Gasteiger partial charge in [-0.2, -0.15) is 0 Å². The molecule has 1 aromatic heterocycles. The lowest BCUT2D eigenvalue weighted by molar-refractivity contribution is 0.300. The van der Waals surface area contributed by atoms with Gasteiger partial charge in [0.2, 0.25) is 0 Å². The molecule has 1 heterocycles. The van der Waals surface area contributed by atoms with Crippen LogP contribution in [0.25, 0.3) is 0 Å². The van der Waals surface area contributed by atoms with Gasteiger partial charge >= 0.3 is 0 Å². The average Bonchev–Trinajstić information content (AvgIpc) is 2.83. The summed E-state index contributed by atoms with van der Waals surface area (Å²) in [6, 6.07) is 13.0. The SMILES string of the molecule is CN(Cc1cc(Br)cs1)CC(N)CCc1ccccc1. The molecule has 1 aromatic carbocycles. The number of hydrogen-bond donors (Lipinski definition) is 1. The fourth-order valence-electron chi connectivity index (χ4n) is 2.26. The van der Waals surface area contributed by atoms with Gasteiger partial charge in [0.15, 0.2) is 0 Å². The molecule has 0 bridgehead atoms. The minimum absolute atomic E-state index is 0.226. The molecule has 1 unspecified atom stereocenters. The molecule has 2 nitrogen and oxygen atoms in total. The van der Waals surface area contributed by atoms with E-state index in [2.05, 4.69) is 69.7 Å². The molecule has 0 fully saturated rings. The van der Waals surface area contributed by atoms with Crippen LogP contribution in [0.3, 0.4) is 0 Å². The third-order valence-corrected chi connectivity index (χ3v) is 4.92. The van der Waals surface area contributed by atoms with Gasteiger partial charge in [0, 0.05) is 33.9 Å². The number of nitrogens with zero attached hydrogens (tertiary/aromatic N) is 1. The van der Waals surface area contributed by atoms with E-state index in [1.807, 2.05) is 0 Å². The van der Waals surface area contributed by atoms with Crippen molar-refractivity contribution in [2.24, 2.45) is 5.73 Å². The average molecular weight is 353 g/mol. The number of likely N-dealkylation sites (N-methyl/N-ethyl adjacent to an activating group) is 1. The molecule has 2 N–H and O–H groups in total. The predicted octanol–water partition coefficient (Wildman–Crippen LogP) is 3.90. The molecule has 0 spiro atoms. The molecule has 2 rings (SSSR count). The fourth-order valence-corrected chi connectivity index (χ4v) is 3.79. The Kier molecular flexibility index (Phi) is 6.23. The lowest BCUT2D eigenvalue weighted by atomic mass is 10.1. The Bertz CT molecular complexity index is 512. The molecule has 0 aliphatic heterocycles. The molecule has 2 aromatic rings. The summed E-state index contributed by atoms with van der Waals surface area (Å²) in [6.07, 6.45) is 2.09. The van der Waals surface area contributed by atoms with E-state index in [1.165, 1.54) is 14.9 Å². The minimum Gasteiger partial charge on any atom is -0.327 e. The van der Waals surface area contributed by atoms with Gasteiger partial charge in [0.1, 0.15) is 0 Å². The van der Waals surface area contributed by atoms with E-state index < -0.39 is 0 Å². The smallest absolute Gasteiger partial charge is 0.0325 e. The summed E-state index contributed by atoms with van der Waals surface area (Å²) < 4.78 is 1.17. The van der Waals surface area contributed by atoms with Crippen LogP contribution in [0.2, 0.25) is 0 Å². The predicted molar refractivity (Wildman–Crippen MR) is 91.1 cm³/mol. The van der Waals surface area contributed by atoms with Crippen LogP contribution in [0, 0.1) is 0 Å². The highest BCUT2D eigenvalue weighted by Gasteiger charge is 2.09. The van der Waals surface area contributed by atoms with Crippen molar-refractivity contribution >= 4 is 27.3 Å². The van der Waals surface area contributed by atoms with Gasteiger partial charge in [-0.3, -0.25) is 4.90 Å². The molecule has 0 aliphatic rings. The summed E-state index contributed by atoms with van der Waals surface area (Å²) in [5, 5.41) is 2.12. The second-order valence-electron chi connectivity index (χ2n) is 5.21. The molecule has 0 saturated carbocycles. The van der Waals surface area contributed by atoms with Crippen LogP contribution in [0.1, 0.15) is 16.9 Å². The standard InChI is InChI=1S/C16H21BrN2S/c1-19(11-16-9-14(17)12-20-16)10-15(18)8-7-13-5-3-2-4-6-13/h2-6,9,12,15H,7-8,10-11,18H2,1H3. The lowest BCUT2D eigenvalue weighted by Crippen LogP contribution is -2.35. The van der Waals surface area contributed by atoms with E-state index in [0.717, 1.165) is 25.9 Å². The third kappa shape index (κ3) is 5.37. The Morgan fingerprint density at radius 3 is 2.70 bits per heavy atom. The van der Waals surface area contributed by atoms with Crippen LogP contribution >= 0.6 is 27.3 Å². The van der Waals surface area contributed by atoms with Crippen molar-refractivity contribution in [2.75, 3.05) is 13.6 Å². The summed E-state index contributed by atoms with van der Waals surface area (Å²) in [5.74, 6) is 0. The Morgan fingerprint density at radius 1 is 1.30 bits per heavy atom. The molecule has 0 saturated heterocycles. The maximum Gasteiger partial charge on any atom is 0.0325 e. The Hall–Kier alpha value is -0.680. The van der Waals surface area contributed by atoms with Gasteiger partial charge in [-0.1, -0.05) is 30.3 Å². The zero-order valence-electron chi connectivity index (χ0n) is 11.8. The second-order valence-corrected chi connectivity index (χ2v) is 7.12. The highest BCUT2D eigenvalue weighted by atomic mass is 79.9. The Morgan fingerprint density at radius 2 is 2.05 bits per heavy atom. The van der Waals surface area contributed by atoms with Crippen molar-refractivity contribution < 1.29 is 0 Å². The van der Waals surface area contributed by atoms with Crippen LogP contribution in [0.15, 0.2) is 46.3 Å². The Balaban J connectivity index is 1.72. The van der Waals surface area contributed by atoms with E-state index in [9.17, 15) is 0 Å². The van der Waals surface area contributed by atoms with E-state index >= 15 is 0 Å². The zero-order chi connectivity index (χ0) is 14.4. The van der Waals surface area contributed by atoms with Crippen molar-refractivity contribution in [1.82, 2.24) is 4.90 Å². The second kappa shape index (κ2) is 7.93. The first-order chi connectivity index (χ1) is 9.63. The van der Waals surface area contributed by atoms with Crippen LogP contribution in [0.4, 0.5) is 0 Å². The molecule has 0 aliphatic carbocycles. The fraction of sp³-hybridized carbons (Fsp3) is 0.375. The topological polar surface area (TPSA) is 29.3 Å². The molecule has 0 radical (unpaired) electrons. The summed E-state index contributed by atoms with van der Waals surface area (Å²) in [6.45, 7) is 1.90. The number of nitrogens with two attached hydrogens (primary N) is 1. The zero-order valence-corrected chi connectivity index (χ0v) is 14.2. The van der Waals surface area contributed by atoms with E-state index in [4.69, 9.17) is 5.73 Å². The largest absolute Gasteiger partial charge is 0.327 e. The number of hydrogen-bond acceptors (Lipinski definition) is 3. The molecule has 20 heavy (non-hydrogen) atoms. The third-order valence-electron chi connectivity index (χ3n) is 3.24. The normalized spacial score (nSPS) is 12.8. The highest BCUT2D eigenvalue weighted by Crippen LogP contribution is 2.20. The summed E-state index contributed by atoms with van der Waals surface area (Å²) in [4.78, 5) is 3.67. The van der Waals surface area contributed by atoms with Gasteiger partial charge in [-0.25, -0.2) is 0 Å². The van der Waals surface area contributed by atoms with E-state index in [1.54, 1.807) is 11.3 Å². The molecule has 0 amide bonds. The molecule has 108 valence electrons. The number of rotatable bonds is 7. The van der Waals surface area contributed by atoms with Gasteiger partial charge in [0.25, 0.3) is 0 Å². The highest BCUT2D eigenvalue weighted by molar-refractivity contribution is 9.10. The first kappa shape index (κ1) is 15.7. The van der Waals surface area contributed by atoms with Crippen molar-refractivity contribution in [3.63, 3.8) is 0 Å². The van der Waals surface area contributed by atoms with Crippen LogP contribution in [-0.2, 0) is 13.0 Å². The van der Waals surface area contributed by atoms with Crippen LogP contribution in [-0.4, -0.2) is 24.5 Å². The van der Waals surface area contributed by atoms with Crippen molar-refractivity contribution in [3.05, 3.63) is 56.7 Å². The van der Waals surface area contributed by atoms with Crippen LogP contribution < -0.4 is 5.73 Å². The molecule has 1 atom stereocenters. The number of benzene rings is 1. The maximum absolute atomic E-state index is 6.23. The van der Waals surface area contributed by atoms with Crippen molar-refractivity contribution in [2.45, 2.75) is 25.4 Å². The van der Waals surface area contributed by atoms with Crippen molar-refractivity contribution in [3.8, 4) is 0 Å². The summed E-state index contributed by atoms with van der Waals surface area (Å²) in [7, 11) is 2.13.